The summed E-state index contributed by atoms with van der Waals surface area (Å²) < 4.78 is 7.09. The van der Waals surface area contributed by atoms with E-state index in [2.05, 4.69) is 16.8 Å². The van der Waals surface area contributed by atoms with Gasteiger partial charge in [-0.25, -0.2) is 4.79 Å². The number of amides is 1. The van der Waals surface area contributed by atoms with Crippen LogP contribution in [0.3, 0.4) is 0 Å². The molecule has 0 unspecified atom stereocenters. The molecule has 152 valence electrons. The first kappa shape index (κ1) is 22.5. The lowest BCUT2D eigenvalue weighted by Gasteiger charge is -2.08. The number of aromatic nitrogens is 1. The van der Waals surface area contributed by atoms with Gasteiger partial charge in [-0.05, 0) is 56.2 Å². The fraction of sp³-hybridized carbons (Fsp3) is 0.286. The fourth-order valence-electron chi connectivity index (χ4n) is 2.87. The SMILES string of the molecule is CCCn1c(C)cc(C=C(C#N)C(=O)OCC(=O)Nc2cc(Cl)cc(Cl)c2)c1C. The molecule has 0 spiro atoms. The zero-order valence-electron chi connectivity index (χ0n) is 16.4. The molecule has 2 rings (SSSR count). The number of nitrogens with one attached hydrogen (secondary N) is 1. The van der Waals surface area contributed by atoms with E-state index in [1.165, 1.54) is 24.3 Å². The number of benzene rings is 1. The Labute approximate surface area is 179 Å². The molecule has 0 aliphatic carbocycles. The number of carbonyl (C=O) groups is 2. The molecule has 29 heavy (non-hydrogen) atoms. The molecule has 1 N–H and O–H groups in total. The standard InChI is InChI=1S/C21H21Cl2N3O3/c1-4-5-26-13(2)6-15(14(26)3)7-16(11-24)21(28)29-12-20(27)25-19-9-17(22)8-18(23)10-19/h6-10H,4-5,12H2,1-3H3,(H,25,27). The topological polar surface area (TPSA) is 84.1 Å². The summed E-state index contributed by atoms with van der Waals surface area (Å²) >= 11 is 11.8. The number of halogens is 2. The quantitative estimate of drug-likeness (QED) is 0.381. The van der Waals surface area contributed by atoms with Gasteiger partial charge in [0.1, 0.15) is 11.6 Å². The Morgan fingerprint density at radius 3 is 2.45 bits per heavy atom. The first-order chi connectivity index (χ1) is 13.7. The van der Waals surface area contributed by atoms with E-state index >= 15 is 0 Å². The van der Waals surface area contributed by atoms with E-state index in [9.17, 15) is 14.9 Å². The number of esters is 1. The molecular formula is C21H21Cl2N3O3. The fourth-order valence-corrected chi connectivity index (χ4v) is 3.39. The number of rotatable bonds is 7. The number of nitriles is 1. The van der Waals surface area contributed by atoms with E-state index in [1.54, 1.807) is 0 Å². The molecule has 0 bridgehead atoms. The Morgan fingerprint density at radius 1 is 1.21 bits per heavy atom. The normalized spacial score (nSPS) is 11.1. The first-order valence-electron chi connectivity index (χ1n) is 8.96. The predicted octanol–water partition coefficient (Wildman–Crippen LogP) is 4.91. The van der Waals surface area contributed by atoms with Crippen molar-refractivity contribution in [3.05, 3.63) is 56.8 Å². The van der Waals surface area contributed by atoms with E-state index in [4.69, 9.17) is 27.9 Å². The minimum atomic E-state index is -0.868. The third kappa shape index (κ3) is 6.11. The van der Waals surface area contributed by atoms with E-state index in [0.717, 1.165) is 29.9 Å². The average molecular weight is 434 g/mol. The van der Waals surface area contributed by atoms with Crippen molar-refractivity contribution in [3.63, 3.8) is 0 Å². The Bertz CT molecular complexity index is 983. The van der Waals surface area contributed by atoms with E-state index in [1.807, 2.05) is 26.0 Å². The summed E-state index contributed by atoms with van der Waals surface area (Å²) in [6, 6.07) is 8.30. The lowest BCUT2D eigenvalue weighted by molar-refractivity contribution is -0.142. The van der Waals surface area contributed by atoms with Gasteiger partial charge in [-0.15, -0.1) is 0 Å². The third-order valence-corrected chi connectivity index (χ3v) is 4.62. The lowest BCUT2D eigenvalue weighted by Crippen LogP contribution is -2.21. The molecule has 0 saturated carbocycles. The van der Waals surface area contributed by atoms with Gasteiger partial charge < -0.3 is 14.6 Å². The molecule has 1 aromatic heterocycles. The van der Waals surface area contributed by atoms with E-state index < -0.39 is 18.5 Å². The molecule has 1 amide bonds. The highest BCUT2D eigenvalue weighted by molar-refractivity contribution is 6.35. The largest absolute Gasteiger partial charge is 0.451 e. The van der Waals surface area contributed by atoms with Gasteiger partial charge in [0.2, 0.25) is 0 Å². The summed E-state index contributed by atoms with van der Waals surface area (Å²) in [6.07, 6.45) is 2.45. The van der Waals surface area contributed by atoms with Gasteiger partial charge in [0.25, 0.3) is 5.91 Å². The van der Waals surface area contributed by atoms with Crippen LogP contribution in [0.1, 0.15) is 30.3 Å². The highest BCUT2D eigenvalue weighted by Crippen LogP contribution is 2.22. The van der Waals surface area contributed by atoms with Crippen LogP contribution in [0.2, 0.25) is 10.0 Å². The smallest absolute Gasteiger partial charge is 0.349 e. The maximum atomic E-state index is 12.2. The predicted molar refractivity (Wildman–Crippen MR) is 114 cm³/mol. The van der Waals surface area contributed by atoms with Crippen LogP contribution in [0.25, 0.3) is 6.08 Å². The molecule has 1 heterocycles. The molecule has 1 aromatic carbocycles. The number of aryl methyl sites for hydroxylation is 1. The number of nitrogens with zero attached hydrogens (tertiary/aromatic N) is 2. The summed E-state index contributed by atoms with van der Waals surface area (Å²) in [7, 11) is 0. The molecule has 2 aromatic rings. The molecule has 6 nitrogen and oxygen atoms in total. The first-order valence-corrected chi connectivity index (χ1v) is 9.72. The monoisotopic (exact) mass is 433 g/mol. The van der Waals surface area contributed by atoms with Crippen molar-refractivity contribution < 1.29 is 14.3 Å². The van der Waals surface area contributed by atoms with Crippen molar-refractivity contribution in [3.8, 4) is 6.07 Å². The van der Waals surface area contributed by atoms with Gasteiger partial charge in [-0.2, -0.15) is 5.26 Å². The molecule has 0 aliphatic heterocycles. The number of hydrogen-bond donors (Lipinski definition) is 1. The van der Waals surface area contributed by atoms with Crippen molar-refractivity contribution >= 4 is 46.8 Å². The molecule has 8 heteroatoms. The summed E-state index contributed by atoms with van der Waals surface area (Å²) in [5.74, 6) is -1.44. The van der Waals surface area contributed by atoms with Crippen LogP contribution in [0, 0.1) is 25.2 Å². The second kappa shape index (κ2) is 10.1. The van der Waals surface area contributed by atoms with Gasteiger partial charge in [-0.3, -0.25) is 4.79 Å². The summed E-state index contributed by atoms with van der Waals surface area (Å²) in [6.45, 7) is 6.28. The second-order valence-corrected chi connectivity index (χ2v) is 7.30. The Kier molecular flexibility index (Phi) is 7.89. The minimum Gasteiger partial charge on any atom is -0.451 e. The highest BCUT2D eigenvalue weighted by atomic mass is 35.5. The number of carbonyl (C=O) groups excluding carboxylic acids is 2. The molecule has 0 radical (unpaired) electrons. The Hall–Kier alpha value is -2.75. The van der Waals surface area contributed by atoms with Crippen molar-refractivity contribution in [2.45, 2.75) is 33.7 Å². The van der Waals surface area contributed by atoms with Crippen LogP contribution >= 0.6 is 23.2 Å². The van der Waals surface area contributed by atoms with Crippen LogP contribution in [-0.2, 0) is 20.9 Å². The van der Waals surface area contributed by atoms with Gasteiger partial charge in [0.05, 0.1) is 0 Å². The van der Waals surface area contributed by atoms with E-state index in [0.29, 0.717) is 15.7 Å². The van der Waals surface area contributed by atoms with Crippen molar-refractivity contribution in [2.75, 3.05) is 11.9 Å². The second-order valence-electron chi connectivity index (χ2n) is 6.43. The lowest BCUT2D eigenvalue weighted by atomic mass is 10.1. The van der Waals surface area contributed by atoms with Crippen LogP contribution in [0.4, 0.5) is 5.69 Å². The minimum absolute atomic E-state index is 0.180. The third-order valence-electron chi connectivity index (χ3n) is 4.18. The summed E-state index contributed by atoms with van der Waals surface area (Å²) in [5.41, 5.74) is 2.96. The van der Waals surface area contributed by atoms with Gasteiger partial charge in [-0.1, -0.05) is 30.1 Å². The summed E-state index contributed by atoms with van der Waals surface area (Å²) in [5, 5.41) is 12.6. The van der Waals surface area contributed by atoms with Gasteiger partial charge >= 0.3 is 5.97 Å². The summed E-state index contributed by atoms with van der Waals surface area (Å²) in [4.78, 5) is 24.2. The van der Waals surface area contributed by atoms with Crippen molar-refractivity contribution in [1.82, 2.24) is 4.57 Å². The zero-order chi connectivity index (χ0) is 21.6. The highest BCUT2D eigenvalue weighted by Gasteiger charge is 2.15. The number of hydrogen-bond acceptors (Lipinski definition) is 4. The maximum absolute atomic E-state index is 12.2. The number of anilines is 1. The van der Waals surface area contributed by atoms with Crippen LogP contribution in [-0.4, -0.2) is 23.1 Å². The van der Waals surface area contributed by atoms with Crippen LogP contribution in [0.5, 0.6) is 0 Å². The van der Waals surface area contributed by atoms with Crippen molar-refractivity contribution in [1.29, 1.82) is 5.26 Å². The van der Waals surface area contributed by atoms with Crippen LogP contribution in [0.15, 0.2) is 29.8 Å². The molecule has 0 saturated heterocycles. The van der Waals surface area contributed by atoms with Gasteiger partial charge in [0.15, 0.2) is 6.61 Å². The average Bonchev–Trinajstić information content (AvgIpc) is 2.91. The van der Waals surface area contributed by atoms with Crippen molar-refractivity contribution in [2.24, 2.45) is 0 Å². The molecule has 0 fully saturated rings. The van der Waals surface area contributed by atoms with Crippen LogP contribution < -0.4 is 5.32 Å². The zero-order valence-corrected chi connectivity index (χ0v) is 17.9. The Morgan fingerprint density at radius 2 is 1.86 bits per heavy atom. The van der Waals surface area contributed by atoms with Gasteiger partial charge in [0, 0.05) is 33.7 Å². The maximum Gasteiger partial charge on any atom is 0.349 e. The molecule has 0 aliphatic rings. The molecular weight excluding hydrogens is 413 g/mol. The molecule has 0 atom stereocenters. The number of ether oxygens (including phenoxy) is 1. The van der Waals surface area contributed by atoms with E-state index in [-0.39, 0.29) is 5.57 Å². The Balaban J connectivity index is 2.05.